The van der Waals surface area contributed by atoms with Crippen molar-refractivity contribution in [2.45, 2.75) is 50.1 Å². The minimum atomic E-state index is -0.207. The first-order valence-corrected chi connectivity index (χ1v) is 8.91. The maximum Gasteiger partial charge on any atom is 0.226 e. The quantitative estimate of drug-likeness (QED) is 0.856. The van der Waals surface area contributed by atoms with E-state index < -0.39 is 0 Å². The largest absolute Gasteiger partial charge is 0.338 e. The van der Waals surface area contributed by atoms with Crippen LogP contribution in [0.2, 0.25) is 0 Å². The van der Waals surface area contributed by atoms with Crippen molar-refractivity contribution in [2.75, 3.05) is 20.1 Å². The molecule has 23 heavy (non-hydrogen) atoms. The smallest absolute Gasteiger partial charge is 0.226 e. The first kappa shape index (κ1) is 15.1. The van der Waals surface area contributed by atoms with E-state index in [0.29, 0.717) is 23.9 Å². The monoisotopic (exact) mass is 316 g/mol. The molecule has 0 spiro atoms. The molecule has 3 aliphatic rings. The molecule has 2 aliphatic heterocycles. The van der Waals surface area contributed by atoms with Gasteiger partial charge in [0.05, 0.1) is 0 Å². The summed E-state index contributed by atoms with van der Waals surface area (Å²) >= 11 is 0. The third kappa shape index (κ3) is 2.78. The van der Waals surface area contributed by atoms with Gasteiger partial charge in [0.2, 0.25) is 5.91 Å². The van der Waals surface area contributed by atoms with Gasteiger partial charge < -0.3 is 9.80 Å². The Kier molecular flexibility index (Phi) is 3.88. The lowest BCUT2D eigenvalue weighted by molar-refractivity contribution is -0.134. The predicted molar refractivity (Wildman–Crippen MR) is 87.6 cm³/mol. The number of benzene rings is 1. The van der Waals surface area contributed by atoms with E-state index in [1.807, 2.05) is 12.1 Å². The van der Waals surface area contributed by atoms with Crippen LogP contribution in [0.15, 0.2) is 24.3 Å². The Labute approximate surface area is 137 Å². The SMILES string of the molecule is CN1CCC[C@@H]1[C@@H]1CCCN1C(=O)[C@H]1C[C@H]1c1ccc(F)cc1. The molecule has 2 heterocycles. The summed E-state index contributed by atoms with van der Waals surface area (Å²) < 4.78 is 13.1. The molecule has 0 bridgehead atoms. The van der Waals surface area contributed by atoms with Crippen LogP contribution in [-0.4, -0.2) is 47.9 Å². The normalized spacial score (nSPS) is 34.1. The standard InChI is InChI=1S/C19H25FN2O/c1-21-10-2-4-17(21)18-5-3-11-22(18)19(23)16-12-15(16)13-6-8-14(20)9-7-13/h6-9,15-18H,2-5,10-12H2,1H3/t15-,16-,17+,18-/m0/s1. The van der Waals surface area contributed by atoms with Crippen LogP contribution in [0, 0.1) is 11.7 Å². The summed E-state index contributed by atoms with van der Waals surface area (Å²) in [5, 5.41) is 0. The van der Waals surface area contributed by atoms with Crippen LogP contribution in [0.5, 0.6) is 0 Å². The van der Waals surface area contributed by atoms with Gasteiger partial charge in [-0.25, -0.2) is 4.39 Å². The van der Waals surface area contributed by atoms with Crippen molar-refractivity contribution in [2.24, 2.45) is 5.92 Å². The van der Waals surface area contributed by atoms with Crippen molar-refractivity contribution in [3.63, 3.8) is 0 Å². The van der Waals surface area contributed by atoms with E-state index in [2.05, 4.69) is 16.8 Å². The molecule has 3 fully saturated rings. The molecular weight excluding hydrogens is 291 g/mol. The zero-order chi connectivity index (χ0) is 16.0. The second-order valence-electron chi connectivity index (χ2n) is 7.43. The minimum absolute atomic E-state index is 0.118. The number of likely N-dealkylation sites (tertiary alicyclic amines) is 2. The number of amides is 1. The third-order valence-corrected chi connectivity index (χ3v) is 6.01. The van der Waals surface area contributed by atoms with Crippen LogP contribution in [0.1, 0.15) is 43.6 Å². The summed E-state index contributed by atoms with van der Waals surface area (Å²) in [5.74, 6) is 0.543. The zero-order valence-corrected chi connectivity index (χ0v) is 13.7. The van der Waals surface area contributed by atoms with E-state index in [4.69, 9.17) is 0 Å². The number of hydrogen-bond acceptors (Lipinski definition) is 2. The first-order chi connectivity index (χ1) is 11.1. The molecule has 0 radical (unpaired) electrons. The fourth-order valence-corrected chi connectivity index (χ4v) is 4.65. The van der Waals surface area contributed by atoms with Crippen LogP contribution in [0.4, 0.5) is 4.39 Å². The van der Waals surface area contributed by atoms with E-state index in [-0.39, 0.29) is 11.7 Å². The summed E-state index contributed by atoms with van der Waals surface area (Å²) in [7, 11) is 2.19. The Morgan fingerprint density at radius 1 is 1.09 bits per heavy atom. The Morgan fingerprint density at radius 3 is 2.48 bits per heavy atom. The van der Waals surface area contributed by atoms with Crippen LogP contribution in [-0.2, 0) is 4.79 Å². The molecule has 1 saturated carbocycles. The molecule has 1 aromatic carbocycles. The average molecular weight is 316 g/mol. The maximum absolute atomic E-state index is 13.1. The van der Waals surface area contributed by atoms with Gasteiger partial charge in [0.15, 0.2) is 0 Å². The Balaban J connectivity index is 1.44. The molecule has 2 saturated heterocycles. The summed E-state index contributed by atoms with van der Waals surface area (Å²) in [6, 6.07) is 7.62. The van der Waals surface area contributed by atoms with Gasteiger partial charge in [-0.15, -0.1) is 0 Å². The maximum atomic E-state index is 13.1. The van der Waals surface area contributed by atoms with Gasteiger partial charge in [0, 0.05) is 24.5 Å². The molecule has 0 N–H and O–H groups in total. The van der Waals surface area contributed by atoms with Crippen molar-refractivity contribution < 1.29 is 9.18 Å². The Bertz CT molecular complexity index is 588. The first-order valence-electron chi connectivity index (χ1n) is 8.91. The highest BCUT2D eigenvalue weighted by Crippen LogP contribution is 2.49. The van der Waals surface area contributed by atoms with Crippen LogP contribution < -0.4 is 0 Å². The van der Waals surface area contributed by atoms with E-state index >= 15 is 0 Å². The van der Waals surface area contributed by atoms with Crippen molar-refractivity contribution in [1.29, 1.82) is 0 Å². The van der Waals surface area contributed by atoms with Crippen molar-refractivity contribution in [3.05, 3.63) is 35.6 Å². The fourth-order valence-electron chi connectivity index (χ4n) is 4.65. The van der Waals surface area contributed by atoms with E-state index in [0.717, 1.165) is 37.9 Å². The summed E-state index contributed by atoms with van der Waals surface area (Å²) in [5.41, 5.74) is 1.11. The second kappa shape index (κ2) is 5.90. The number of nitrogens with zero attached hydrogens (tertiary/aromatic N) is 2. The van der Waals surface area contributed by atoms with Crippen LogP contribution in [0.25, 0.3) is 0 Å². The lowest BCUT2D eigenvalue weighted by atomic mass is 10.0. The fraction of sp³-hybridized carbons (Fsp3) is 0.632. The molecule has 4 heteroatoms. The third-order valence-electron chi connectivity index (χ3n) is 6.01. The zero-order valence-electron chi connectivity index (χ0n) is 13.7. The van der Waals surface area contributed by atoms with Gasteiger partial charge in [-0.2, -0.15) is 0 Å². The van der Waals surface area contributed by atoms with Gasteiger partial charge in [0.25, 0.3) is 0 Å². The van der Waals surface area contributed by atoms with Crippen LogP contribution in [0.3, 0.4) is 0 Å². The Morgan fingerprint density at radius 2 is 1.78 bits per heavy atom. The molecule has 124 valence electrons. The highest BCUT2D eigenvalue weighted by molar-refractivity contribution is 5.83. The molecular formula is C19H25FN2O. The molecule has 1 amide bonds. The lowest BCUT2D eigenvalue weighted by Gasteiger charge is -2.33. The van der Waals surface area contributed by atoms with Crippen LogP contribution >= 0.6 is 0 Å². The number of likely N-dealkylation sites (N-methyl/N-ethyl adjacent to an activating group) is 1. The predicted octanol–water partition coefficient (Wildman–Crippen LogP) is 3.01. The molecule has 1 aromatic rings. The number of rotatable bonds is 3. The van der Waals surface area contributed by atoms with Gasteiger partial charge in [-0.05, 0) is 69.3 Å². The second-order valence-corrected chi connectivity index (χ2v) is 7.43. The average Bonchev–Trinajstić information content (AvgIpc) is 2.99. The van der Waals surface area contributed by atoms with Gasteiger partial charge >= 0.3 is 0 Å². The topological polar surface area (TPSA) is 23.6 Å². The highest BCUT2D eigenvalue weighted by Gasteiger charge is 2.49. The van der Waals surface area contributed by atoms with Crippen molar-refractivity contribution in [3.8, 4) is 0 Å². The number of carbonyl (C=O) groups is 1. The van der Waals surface area contributed by atoms with E-state index in [1.165, 1.54) is 25.0 Å². The number of hydrogen-bond donors (Lipinski definition) is 0. The molecule has 1 aliphatic carbocycles. The highest BCUT2D eigenvalue weighted by atomic mass is 19.1. The van der Waals surface area contributed by atoms with Gasteiger partial charge in [-0.1, -0.05) is 12.1 Å². The van der Waals surface area contributed by atoms with E-state index in [9.17, 15) is 9.18 Å². The Hall–Kier alpha value is -1.42. The van der Waals surface area contributed by atoms with Crippen molar-refractivity contribution in [1.82, 2.24) is 9.80 Å². The van der Waals surface area contributed by atoms with Gasteiger partial charge in [0.1, 0.15) is 5.82 Å². The number of halogens is 1. The summed E-state index contributed by atoms with van der Waals surface area (Å²) in [4.78, 5) is 17.6. The van der Waals surface area contributed by atoms with Gasteiger partial charge in [-0.3, -0.25) is 4.79 Å². The summed E-state index contributed by atoms with van der Waals surface area (Å²) in [6.45, 7) is 2.07. The molecule has 0 unspecified atom stereocenters. The minimum Gasteiger partial charge on any atom is -0.338 e. The van der Waals surface area contributed by atoms with Crippen molar-refractivity contribution >= 4 is 5.91 Å². The summed E-state index contributed by atoms with van der Waals surface area (Å²) in [6.07, 6.45) is 5.68. The molecule has 4 atom stereocenters. The lowest BCUT2D eigenvalue weighted by Crippen LogP contribution is -2.47. The molecule has 3 nitrogen and oxygen atoms in total. The van der Waals surface area contributed by atoms with E-state index in [1.54, 1.807) is 0 Å². The molecule has 0 aromatic heterocycles. The number of carbonyl (C=O) groups excluding carboxylic acids is 1. The molecule has 4 rings (SSSR count).